The second-order valence-corrected chi connectivity index (χ2v) is 11.5. The van der Waals surface area contributed by atoms with Crippen LogP contribution in [0.5, 0.6) is 0 Å². The van der Waals surface area contributed by atoms with E-state index in [1.165, 1.54) is 11.3 Å². The Morgan fingerprint density at radius 2 is 2.03 bits per heavy atom. The van der Waals surface area contributed by atoms with Gasteiger partial charge in [0.1, 0.15) is 11.6 Å². The van der Waals surface area contributed by atoms with Gasteiger partial charge in [0.05, 0.1) is 5.69 Å². The van der Waals surface area contributed by atoms with Gasteiger partial charge in [-0.2, -0.15) is 5.10 Å². The van der Waals surface area contributed by atoms with Crippen molar-refractivity contribution in [2.45, 2.75) is 90.4 Å². The van der Waals surface area contributed by atoms with Crippen LogP contribution in [0, 0.1) is 5.82 Å². The fraction of sp³-hybridized carbons (Fsp3) is 0.500. The summed E-state index contributed by atoms with van der Waals surface area (Å²) < 4.78 is 16.6. The topological polar surface area (TPSA) is 42.2 Å². The van der Waals surface area contributed by atoms with Gasteiger partial charge >= 0.3 is 0 Å². The van der Waals surface area contributed by atoms with E-state index in [9.17, 15) is 4.39 Å². The number of benzene rings is 1. The summed E-state index contributed by atoms with van der Waals surface area (Å²) in [5, 5.41) is 8.13. The molecule has 200 valence electrons. The Balaban J connectivity index is 1.61. The standard InChI is InChI=1S/C32H45FN4/c1-23(2)17-25(26-18-27(32(3,4)5)21-28(33)19-26)20-29-22-30(37(7)36-29)15-11-9-8-10-13-24-14-12-16-35-31(24)34-6/h10,13,18-19,21-22,25,35H,1,6,8-9,11-12,14-17,20H2,2-5,7H3/b13-10-. The fourth-order valence-electron chi connectivity index (χ4n) is 5.00. The first-order valence-electron chi connectivity index (χ1n) is 13.6. The Hall–Kier alpha value is -2.95. The van der Waals surface area contributed by atoms with Gasteiger partial charge in [-0.05, 0) is 111 Å². The Labute approximate surface area is 223 Å². The third-order valence-electron chi connectivity index (χ3n) is 7.09. The maximum Gasteiger partial charge on any atom is 0.128 e. The zero-order valence-electron chi connectivity index (χ0n) is 23.5. The molecule has 5 heteroatoms. The number of aromatic nitrogens is 2. The molecule has 0 bridgehead atoms. The Morgan fingerprint density at radius 3 is 2.73 bits per heavy atom. The molecule has 0 saturated carbocycles. The first-order valence-corrected chi connectivity index (χ1v) is 13.6. The van der Waals surface area contributed by atoms with E-state index < -0.39 is 0 Å². The number of rotatable bonds is 12. The highest BCUT2D eigenvalue weighted by atomic mass is 19.1. The van der Waals surface area contributed by atoms with Crippen LogP contribution < -0.4 is 5.32 Å². The number of nitrogens with one attached hydrogen (secondary N) is 1. The van der Waals surface area contributed by atoms with E-state index in [4.69, 9.17) is 5.10 Å². The lowest BCUT2D eigenvalue weighted by molar-refractivity contribution is 0.563. The van der Waals surface area contributed by atoms with Crippen molar-refractivity contribution in [2.24, 2.45) is 12.0 Å². The van der Waals surface area contributed by atoms with Gasteiger partial charge in [-0.1, -0.05) is 44.6 Å². The lowest BCUT2D eigenvalue weighted by Gasteiger charge is -2.23. The molecule has 2 heterocycles. The minimum absolute atomic E-state index is 0.104. The Morgan fingerprint density at radius 1 is 1.24 bits per heavy atom. The number of hydrogen-bond donors (Lipinski definition) is 1. The average Bonchev–Trinajstić information content (AvgIpc) is 3.18. The summed E-state index contributed by atoms with van der Waals surface area (Å²) in [5.41, 5.74) is 6.63. The molecule has 0 saturated heterocycles. The van der Waals surface area contributed by atoms with Gasteiger partial charge in [-0.3, -0.25) is 4.68 Å². The number of allylic oxidation sites excluding steroid dienone is 4. The van der Waals surface area contributed by atoms with Crippen molar-refractivity contribution in [3.63, 3.8) is 0 Å². The minimum atomic E-state index is -0.169. The monoisotopic (exact) mass is 504 g/mol. The molecule has 1 aromatic heterocycles. The Kier molecular flexibility index (Phi) is 10.1. The van der Waals surface area contributed by atoms with Crippen LogP contribution in [0.15, 0.2) is 65.0 Å². The highest BCUT2D eigenvalue weighted by molar-refractivity contribution is 5.35. The van der Waals surface area contributed by atoms with Crippen molar-refractivity contribution < 1.29 is 4.39 Å². The van der Waals surface area contributed by atoms with Crippen LogP contribution in [-0.4, -0.2) is 23.0 Å². The van der Waals surface area contributed by atoms with Crippen molar-refractivity contribution >= 4 is 6.72 Å². The lowest BCUT2D eigenvalue weighted by atomic mass is 9.82. The summed E-state index contributed by atoms with van der Waals surface area (Å²) in [6, 6.07) is 7.74. The third kappa shape index (κ3) is 8.55. The maximum absolute atomic E-state index is 14.6. The summed E-state index contributed by atoms with van der Waals surface area (Å²) in [4.78, 5) is 4.10. The summed E-state index contributed by atoms with van der Waals surface area (Å²) in [6.45, 7) is 17.2. The lowest BCUT2D eigenvalue weighted by Crippen LogP contribution is -2.19. The molecule has 1 atom stereocenters. The van der Waals surface area contributed by atoms with Crippen molar-refractivity contribution in [2.75, 3.05) is 6.54 Å². The molecule has 1 aliphatic heterocycles. The van der Waals surface area contributed by atoms with Crippen LogP contribution in [0.25, 0.3) is 0 Å². The van der Waals surface area contributed by atoms with E-state index in [1.54, 1.807) is 12.1 Å². The van der Waals surface area contributed by atoms with Crippen molar-refractivity contribution in [1.82, 2.24) is 15.1 Å². The summed E-state index contributed by atoms with van der Waals surface area (Å²) in [7, 11) is 2.03. The molecule has 0 aliphatic carbocycles. The molecule has 0 fully saturated rings. The predicted molar refractivity (Wildman–Crippen MR) is 155 cm³/mol. The number of nitrogens with zero attached hydrogens (tertiary/aromatic N) is 3. The van der Waals surface area contributed by atoms with E-state index in [1.807, 2.05) is 18.7 Å². The smallest absolute Gasteiger partial charge is 0.128 e. The van der Waals surface area contributed by atoms with Gasteiger partial charge in [0.25, 0.3) is 0 Å². The van der Waals surface area contributed by atoms with E-state index in [-0.39, 0.29) is 17.2 Å². The van der Waals surface area contributed by atoms with E-state index >= 15 is 0 Å². The second-order valence-electron chi connectivity index (χ2n) is 11.5. The quantitative estimate of drug-likeness (QED) is 0.183. The molecule has 4 nitrogen and oxygen atoms in total. The number of hydrogen-bond acceptors (Lipinski definition) is 3. The van der Waals surface area contributed by atoms with Crippen molar-refractivity contribution in [3.05, 3.63) is 88.3 Å². The van der Waals surface area contributed by atoms with Crippen molar-refractivity contribution in [1.29, 1.82) is 0 Å². The third-order valence-corrected chi connectivity index (χ3v) is 7.09. The van der Waals surface area contributed by atoms with Crippen LogP contribution in [0.2, 0.25) is 0 Å². The van der Waals surface area contributed by atoms with Gasteiger partial charge in [0.15, 0.2) is 0 Å². The minimum Gasteiger partial charge on any atom is -0.370 e. The van der Waals surface area contributed by atoms with Gasteiger partial charge in [0, 0.05) is 19.3 Å². The van der Waals surface area contributed by atoms with E-state index in [0.717, 1.165) is 86.1 Å². The Bertz CT molecular complexity index is 1150. The number of halogens is 1. The van der Waals surface area contributed by atoms with E-state index in [0.29, 0.717) is 0 Å². The maximum atomic E-state index is 14.6. The van der Waals surface area contributed by atoms with Gasteiger partial charge in [-0.15, -0.1) is 6.58 Å². The normalized spacial score (nSPS) is 15.2. The summed E-state index contributed by atoms with van der Waals surface area (Å²) in [6.07, 6.45) is 12.6. The van der Waals surface area contributed by atoms with Gasteiger partial charge in [-0.25, -0.2) is 9.38 Å². The molecule has 0 radical (unpaired) electrons. The van der Waals surface area contributed by atoms with Crippen LogP contribution in [0.4, 0.5) is 4.39 Å². The zero-order valence-corrected chi connectivity index (χ0v) is 23.5. The second kappa shape index (κ2) is 13.0. The molecule has 0 spiro atoms. The fourth-order valence-corrected chi connectivity index (χ4v) is 5.00. The van der Waals surface area contributed by atoms with Crippen molar-refractivity contribution in [3.8, 4) is 0 Å². The highest BCUT2D eigenvalue weighted by Crippen LogP contribution is 2.32. The van der Waals surface area contributed by atoms with E-state index in [2.05, 4.69) is 68.7 Å². The molecule has 3 rings (SSSR count). The van der Waals surface area contributed by atoms with Gasteiger partial charge < -0.3 is 5.32 Å². The molecular formula is C32H45FN4. The van der Waals surface area contributed by atoms with Crippen LogP contribution in [-0.2, 0) is 25.3 Å². The molecule has 2 aromatic rings. The number of aliphatic imine (C=N–C) groups is 1. The van der Waals surface area contributed by atoms with Crippen LogP contribution in [0.1, 0.15) is 94.7 Å². The zero-order chi connectivity index (χ0) is 27.0. The molecular weight excluding hydrogens is 459 g/mol. The molecule has 1 unspecified atom stereocenters. The largest absolute Gasteiger partial charge is 0.370 e. The predicted octanol–water partition coefficient (Wildman–Crippen LogP) is 7.71. The average molecular weight is 505 g/mol. The number of aryl methyl sites for hydroxylation is 2. The molecule has 37 heavy (non-hydrogen) atoms. The summed E-state index contributed by atoms with van der Waals surface area (Å²) >= 11 is 0. The van der Waals surface area contributed by atoms with Crippen LogP contribution in [0.3, 0.4) is 0 Å². The molecule has 1 aliphatic rings. The summed E-state index contributed by atoms with van der Waals surface area (Å²) in [5.74, 6) is 0.918. The first kappa shape index (κ1) is 28.6. The highest BCUT2D eigenvalue weighted by Gasteiger charge is 2.21. The first-order chi connectivity index (χ1) is 17.6. The SMILES string of the molecule is C=NC1=C(/C=C\CCCCc2cc(CC(CC(=C)C)c3cc(F)cc(C(C)(C)C)c3)nn2C)CCCN1. The molecule has 1 aromatic carbocycles. The van der Waals surface area contributed by atoms with Gasteiger partial charge in [0.2, 0.25) is 0 Å². The molecule has 1 N–H and O–H groups in total. The molecule has 0 amide bonds. The number of unbranched alkanes of at least 4 members (excludes halogenated alkanes) is 2. The van der Waals surface area contributed by atoms with Crippen LogP contribution >= 0.6 is 0 Å².